The van der Waals surface area contributed by atoms with Crippen molar-refractivity contribution < 1.29 is 4.79 Å². The molecule has 1 aliphatic heterocycles. The lowest BCUT2D eigenvalue weighted by molar-refractivity contribution is -0.121. The molecular formula is C16H33N3O. The molecule has 1 rings (SSSR count). The van der Waals surface area contributed by atoms with Crippen LogP contribution >= 0.6 is 0 Å². The molecule has 0 aromatic carbocycles. The van der Waals surface area contributed by atoms with Gasteiger partial charge in [-0.1, -0.05) is 27.2 Å². The number of carbonyl (C=O) groups excluding carboxylic acids is 1. The molecule has 118 valence electrons. The van der Waals surface area contributed by atoms with Gasteiger partial charge in [0.15, 0.2) is 0 Å². The molecular weight excluding hydrogens is 250 g/mol. The van der Waals surface area contributed by atoms with Crippen LogP contribution in [0, 0.1) is 5.92 Å². The summed E-state index contributed by atoms with van der Waals surface area (Å²) in [5.74, 6) is 0.660. The Kier molecular flexibility index (Phi) is 8.86. The van der Waals surface area contributed by atoms with Crippen molar-refractivity contribution in [3.05, 3.63) is 0 Å². The standard InChI is InChI=1S/C16H33N3O/c1-4-18-10-12-19(13-11-18)9-7-5-6-8-17-16(20)14-15(2)3/h15H,4-14H2,1-3H3,(H,17,20). The van der Waals surface area contributed by atoms with Crippen molar-refractivity contribution in [2.45, 2.75) is 46.5 Å². The molecule has 1 heterocycles. The van der Waals surface area contributed by atoms with E-state index in [-0.39, 0.29) is 5.91 Å². The Labute approximate surface area is 124 Å². The first-order valence-corrected chi connectivity index (χ1v) is 8.33. The van der Waals surface area contributed by atoms with E-state index < -0.39 is 0 Å². The zero-order valence-electron chi connectivity index (χ0n) is 13.7. The third-order valence-corrected chi connectivity index (χ3v) is 3.98. The summed E-state index contributed by atoms with van der Waals surface area (Å²) in [5.41, 5.74) is 0. The van der Waals surface area contributed by atoms with Crippen LogP contribution in [-0.4, -0.2) is 61.5 Å². The Morgan fingerprint density at radius 3 is 2.30 bits per heavy atom. The fourth-order valence-electron chi connectivity index (χ4n) is 2.64. The van der Waals surface area contributed by atoms with Gasteiger partial charge in [-0.05, 0) is 31.8 Å². The van der Waals surface area contributed by atoms with Gasteiger partial charge >= 0.3 is 0 Å². The largest absolute Gasteiger partial charge is 0.356 e. The van der Waals surface area contributed by atoms with E-state index in [0.29, 0.717) is 12.3 Å². The molecule has 0 aromatic heterocycles. The van der Waals surface area contributed by atoms with Crippen LogP contribution in [0.25, 0.3) is 0 Å². The Balaban J connectivity index is 1.91. The normalized spacial score (nSPS) is 17.6. The molecule has 1 N–H and O–H groups in total. The molecule has 0 atom stereocenters. The van der Waals surface area contributed by atoms with Gasteiger partial charge in [0.2, 0.25) is 5.91 Å². The van der Waals surface area contributed by atoms with Crippen molar-refractivity contribution in [1.29, 1.82) is 0 Å². The fourth-order valence-corrected chi connectivity index (χ4v) is 2.64. The Hall–Kier alpha value is -0.610. The molecule has 1 aliphatic rings. The average molecular weight is 283 g/mol. The predicted octanol–water partition coefficient (Wildman–Crippen LogP) is 1.96. The second-order valence-electron chi connectivity index (χ2n) is 6.28. The number of hydrogen-bond acceptors (Lipinski definition) is 3. The summed E-state index contributed by atoms with van der Waals surface area (Å²) in [6, 6.07) is 0. The minimum Gasteiger partial charge on any atom is -0.356 e. The van der Waals surface area contributed by atoms with Crippen molar-refractivity contribution >= 4 is 5.91 Å². The number of likely N-dealkylation sites (N-methyl/N-ethyl adjacent to an activating group) is 1. The third-order valence-electron chi connectivity index (χ3n) is 3.98. The highest BCUT2D eigenvalue weighted by Crippen LogP contribution is 2.04. The molecule has 1 saturated heterocycles. The predicted molar refractivity (Wildman–Crippen MR) is 84.9 cm³/mol. The van der Waals surface area contributed by atoms with Gasteiger partial charge in [0, 0.05) is 39.1 Å². The number of nitrogens with zero attached hydrogens (tertiary/aromatic N) is 2. The van der Waals surface area contributed by atoms with E-state index >= 15 is 0 Å². The van der Waals surface area contributed by atoms with Crippen LogP contribution in [0.3, 0.4) is 0 Å². The molecule has 0 radical (unpaired) electrons. The Morgan fingerprint density at radius 2 is 1.70 bits per heavy atom. The van der Waals surface area contributed by atoms with E-state index in [4.69, 9.17) is 0 Å². The maximum atomic E-state index is 11.5. The van der Waals surface area contributed by atoms with Crippen molar-refractivity contribution in [3.63, 3.8) is 0 Å². The highest BCUT2D eigenvalue weighted by molar-refractivity contribution is 5.75. The van der Waals surface area contributed by atoms with Gasteiger partial charge in [-0.25, -0.2) is 0 Å². The molecule has 0 unspecified atom stereocenters. The Morgan fingerprint density at radius 1 is 1.05 bits per heavy atom. The van der Waals surface area contributed by atoms with Gasteiger partial charge in [0.25, 0.3) is 0 Å². The van der Waals surface area contributed by atoms with Crippen molar-refractivity contribution in [2.75, 3.05) is 45.8 Å². The topological polar surface area (TPSA) is 35.6 Å². The molecule has 0 bridgehead atoms. The van der Waals surface area contributed by atoms with Crippen molar-refractivity contribution in [3.8, 4) is 0 Å². The van der Waals surface area contributed by atoms with E-state index in [2.05, 4.69) is 35.9 Å². The van der Waals surface area contributed by atoms with Crippen molar-refractivity contribution in [2.24, 2.45) is 5.92 Å². The van der Waals surface area contributed by atoms with Crippen LogP contribution in [0.1, 0.15) is 46.5 Å². The van der Waals surface area contributed by atoms with Crippen LogP contribution in [0.2, 0.25) is 0 Å². The van der Waals surface area contributed by atoms with Gasteiger partial charge < -0.3 is 15.1 Å². The first-order valence-electron chi connectivity index (χ1n) is 8.33. The number of nitrogens with one attached hydrogen (secondary N) is 1. The molecule has 0 aromatic rings. The number of hydrogen-bond donors (Lipinski definition) is 1. The molecule has 0 spiro atoms. The smallest absolute Gasteiger partial charge is 0.220 e. The molecule has 1 amide bonds. The third kappa shape index (κ3) is 7.85. The second-order valence-corrected chi connectivity index (χ2v) is 6.28. The highest BCUT2D eigenvalue weighted by atomic mass is 16.1. The zero-order valence-corrected chi connectivity index (χ0v) is 13.7. The maximum Gasteiger partial charge on any atom is 0.220 e. The maximum absolute atomic E-state index is 11.5. The lowest BCUT2D eigenvalue weighted by Crippen LogP contribution is -2.46. The van der Waals surface area contributed by atoms with Gasteiger partial charge in [0.05, 0.1) is 0 Å². The van der Waals surface area contributed by atoms with Crippen LogP contribution in [0.5, 0.6) is 0 Å². The quantitative estimate of drug-likeness (QED) is 0.657. The number of carbonyl (C=O) groups is 1. The second kappa shape index (κ2) is 10.2. The molecule has 4 heteroatoms. The highest BCUT2D eigenvalue weighted by Gasteiger charge is 2.14. The zero-order chi connectivity index (χ0) is 14.8. The molecule has 0 aliphatic carbocycles. The summed E-state index contributed by atoms with van der Waals surface area (Å²) < 4.78 is 0. The summed E-state index contributed by atoms with van der Waals surface area (Å²) in [6.45, 7) is 14.5. The number of amides is 1. The molecule has 0 saturated carbocycles. The number of unbranched alkanes of at least 4 members (excludes halogenated alkanes) is 2. The summed E-state index contributed by atoms with van der Waals surface area (Å²) in [7, 11) is 0. The molecule has 20 heavy (non-hydrogen) atoms. The van der Waals surface area contributed by atoms with Crippen molar-refractivity contribution in [1.82, 2.24) is 15.1 Å². The lowest BCUT2D eigenvalue weighted by atomic mass is 10.1. The van der Waals surface area contributed by atoms with E-state index in [1.165, 1.54) is 52.1 Å². The SMILES string of the molecule is CCN1CCN(CCCCCNC(=O)CC(C)C)CC1. The van der Waals surface area contributed by atoms with E-state index in [1.54, 1.807) is 0 Å². The van der Waals surface area contributed by atoms with Gasteiger partial charge in [-0.15, -0.1) is 0 Å². The molecule has 1 fully saturated rings. The Bertz CT molecular complexity index is 260. The summed E-state index contributed by atoms with van der Waals surface area (Å²) >= 11 is 0. The lowest BCUT2D eigenvalue weighted by Gasteiger charge is -2.33. The molecule has 4 nitrogen and oxygen atoms in total. The van der Waals surface area contributed by atoms with E-state index in [1.807, 2.05) is 0 Å². The summed E-state index contributed by atoms with van der Waals surface area (Å²) in [4.78, 5) is 16.6. The number of rotatable bonds is 9. The van der Waals surface area contributed by atoms with E-state index in [9.17, 15) is 4.79 Å². The van der Waals surface area contributed by atoms with Gasteiger partial charge in [0.1, 0.15) is 0 Å². The summed E-state index contributed by atoms with van der Waals surface area (Å²) in [6.07, 6.45) is 4.24. The van der Waals surface area contributed by atoms with Gasteiger partial charge in [-0.2, -0.15) is 0 Å². The first-order chi connectivity index (χ1) is 9.61. The van der Waals surface area contributed by atoms with Gasteiger partial charge in [-0.3, -0.25) is 4.79 Å². The van der Waals surface area contributed by atoms with Crippen LogP contribution in [0.4, 0.5) is 0 Å². The van der Waals surface area contributed by atoms with E-state index in [0.717, 1.165) is 13.0 Å². The fraction of sp³-hybridized carbons (Fsp3) is 0.938. The summed E-state index contributed by atoms with van der Waals surface area (Å²) in [5, 5.41) is 3.01. The van der Waals surface area contributed by atoms with Crippen LogP contribution in [0.15, 0.2) is 0 Å². The van der Waals surface area contributed by atoms with Crippen LogP contribution < -0.4 is 5.32 Å². The minimum atomic E-state index is 0.204. The number of piperazine rings is 1. The average Bonchev–Trinajstić information content (AvgIpc) is 2.42. The monoisotopic (exact) mass is 283 g/mol. The first kappa shape index (κ1) is 17.4. The van der Waals surface area contributed by atoms with Crippen LogP contribution in [-0.2, 0) is 4.79 Å². The minimum absolute atomic E-state index is 0.204.